The van der Waals surface area contributed by atoms with Gasteiger partial charge in [-0.05, 0) is 19.1 Å². The molecule has 74 valence electrons. The van der Waals surface area contributed by atoms with Crippen LogP contribution in [-0.2, 0) is 9.47 Å². The van der Waals surface area contributed by atoms with Crippen LogP contribution in [0.4, 0.5) is 0 Å². The van der Waals surface area contributed by atoms with Gasteiger partial charge in [0.1, 0.15) is 13.2 Å². The van der Waals surface area contributed by atoms with Crippen LogP contribution in [-0.4, -0.2) is 13.2 Å². The lowest BCUT2D eigenvalue weighted by atomic mass is 10.3. The van der Waals surface area contributed by atoms with E-state index < -0.39 is 0 Å². The second kappa shape index (κ2) is 7.47. The van der Waals surface area contributed by atoms with Crippen LogP contribution in [0.5, 0.6) is 0 Å². The van der Waals surface area contributed by atoms with Gasteiger partial charge in [0.2, 0.25) is 0 Å². The highest BCUT2D eigenvalue weighted by molar-refractivity contribution is 5.24. The fourth-order valence-electron chi connectivity index (χ4n) is 0.887. The van der Waals surface area contributed by atoms with Crippen molar-refractivity contribution in [2.45, 2.75) is 20.8 Å². The van der Waals surface area contributed by atoms with Gasteiger partial charge in [0.15, 0.2) is 11.5 Å². The predicted molar refractivity (Wildman–Crippen MR) is 55.3 cm³/mol. The van der Waals surface area contributed by atoms with Crippen LogP contribution < -0.4 is 0 Å². The highest BCUT2D eigenvalue weighted by atomic mass is 16.6. The van der Waals surface area contributed by atoms with Gasteiger partial charge in [0, 0.05) is 0 Å². The standard InChI is InChI=1S/C9H12O2.C2H6/c1-3-5-9-8(4-2)10-6-7-11-9;1-2/h3-5H,2,6-7H2,1H3;1-2H3/b5-3-;. The minimum absolute atomic E-state index is 0.613. The quantitative estimate of drug-likeness (QED) is 0.653. The Morgan fingerprint density at radius 2 is 1.69 bits per heavy atom. The maximum absolute atomic E-state index is 5.32. The van der Waals surface area contributed by atoms with E-state index >= 15 is 0 Å². The number of ether oxygens (including phenoxy) is 2. The molecule has 0 aliphatic carbocycles. The lowest BCUT2D eigenvalue weighted by Crippen LogP contribution is -2.11. The van der Waals surface area contributed by atoms with E-state index in [2.05, 4.69) is 6.58 Å². The molecular weight excluding hydrogens is 164 g/mol. The van der Waals surface area contributed by atoms with Gasteiger partial charge in [-0.3, -0.25) is 0 Å². The zero-order chi connectivity index (χ0) is 10.1. The number of hydrogen-bond donors (Lipinski definition) is 0. The van der Waals surface area contributed by atoms with E-state index in [4.69, 9.17) is 9.47 Å². The Morgan fingerprint density at radius 1 is 1.15 bits per heavy atom. The third kappa shape index (κ3) is 3.83. The number of allylic oxidation sites excluding steroid dienone is 3. The van der Waals surface area contributed by atoms with Crippen molar-refractivity contribution >= 4 is 0 Å². The third-order valence-corrected chi connectivity index (χ3v) is 1.34. The summed E-state index contributed by atoms with van der Waals surface area (Å²) in [5.41, 5.74) is 0. The molecule has 0 aromatic heterocycles. The van der Waals surface area contributed by atoms with Crippen LogP contribution >= 0.6 is 0 Å². The van der Waals surface area contributed by atoms with Crippen LogP contribution in [0.1, 0.15) is 20.8 Å². The number of hydrogen-bond acceptors (Lipinski definition) is 2. The molecule has 0 N–H and O–H groups in total. The topological polar surface area (TPSA) is 18.5 Å². The van der Waals surface area contributed by atoms with E-state index in [0.717, 1.165) is 11.5 Å². The Hall–Kier alpha value is -1.18. The van der Waals surface area contributed by atoms with E-state index in [9.17, 15) is 0 Å². The predicted octanol–water partition coefficient (Wildman–Crippen LogP) is 3.03. The molecule has 0 spiro atoms. The lowest BCUT2D eigenvalue weighted by molar-refractivity contribution is 0.0769. The minimum Gasteiger partial charge on any atom is -0.486 e. The van der Waals surface area contributed by atoms with Crippen molar-refractivity contribution in [3.05, 3.63) is 36.3 Å². The average Bonchev–Trinajstić information content (AvgIpc) is 2.22. The maximum Gasteiger partial charge on any atom is 0.161 e. The first-order chi connectivity index (χ1) is 6.38. The van der Waals surface area contributed by atoms with E-state index in [-0.39, 0.29) is 0 Å². The second-order valence-corrected chi connectivity index (χ2v) is 2.13. The van der Waals surface area contributed by atoms with Gasteiger partial charge in [0.05, 0.1) is 0 Å². The molecule has 1 aliphatic heterocycles. The highest BCUT2D eigenvalue weighted by Gasteiger charge is 2.08. The Morgan fingerprint density at radius 3 is 2.15 bits per heavy atom. The van der Waals surface area contributed by atoms with E-state index in [1.807, 2.05) is 32.9 Å². The molecule has 2 heteroatoms. The van der Waals surface area contributed by atoms with Gasteiger partial charge in [0.25, 0.3) is 0 Å². The van der Waals surface area contributed by atoms with Crippen LogP contribution in [0.15, 0.2) is 36.3 Å². The van der Waals surface area contributed by atoms with Crippen LogP contribution in [0.25, 0.3) is 0 Å². The fraction of sp³-hybridized carbons (Fsp3) is 0.455. The summed E-state index contributed by atoms with van der Waals surface area (Å²) in [6.07, 6.45) is 5.44. The summed E-state index contributed by atoms with van der Waals surface area (Å²) >= 11 is 0. The van der Waals surface area contributed by atoms with Gasteiger partial charge in [-0.2, -0.15) is 0 Å². The Bertz CT molecular complexity index is 202. The molecule has 0 unspecified atom stereocenters. The van der Waals surface area contributed by atoms with Crippen molar-refractivity contribution in [2.75, 3.05) is 13.2 Å². The molecule has 0 atom stereocenters. The summed E-state index contributed by atoms with van der Waals surface area (Å²) in [7, 11) is 0. The lowest BCUT2D eigenvalue weighted by Gasteiger charge is -2.17. The molecule has 0 aromatic carbocycles. The first kappa shape index (κ1) is 11.8. The summed E-state index contributed by atoms with van der Waals surface area (Å²) in [5, 5.41) is 0. The summed E-state index contributed by atoms with van der Waals surface area (Å²) in [6.45, 7) is 10.8. The maximum atomic E-state index is 5.32. The smallest absolute Gasteiger partial charge is 0.161 e. The SMILES string of the molecule is C=CC1=C(/C=C\C)OCCO1.CC. The van der Waals surface area contributed by atoms with Crippen molar-refractivity contribution in [1.82, 2.24) is 0 Å². The Labute approximate surface area is 80.5 Å². The Balaban J connectivity index is 0.000000671. The first-order valence-electron chi connectivity index (χ1n) is 4.63. The minimum atomic E-state index is 0.613. The van der Waals surface area contributed by atoms with E-state index in [0.29, 0.717) is 13.2 Å². The van der Waals surface area contributed by atoms with Gasteiger partial charge in [-0.15, -0.1) is 0 Å². The largest absolute Gasteiger partial charge is 0.486 e. The summed E-state index contributed by atoms with van der Waals surface area (Å²) < 4.78 is 10.6. The van der Waals surface area contributed by atoms with Gasteiger partial charge < -0.3 is 9.47 Å². The van der Waals surface area contributed by atoms with Gasteiger partial charge in [-0.25, -0.2) is 0 Å². The van der Waals surface area contributed by atoms with Crippen LogP contribution in [0, 0.1) is 0 Å². The van der Waals surface area contributed by atoms with Gasteiger partial charge >= 0.3 is 0 Å². The molecule has 0 saturated heterocycles. The monoisotopic (exact) mass is 182 g/mol. The molecule has 0 aromatic rings. The normalized spacial score (nSPS) is 15.6. The molecule has 0 saturated carbocycles. The zero-order valence-corrected chi connectivity index (χ0v) is 8.67. The van der Waals surface area contributed by atoms with Crippen molar-refractivity contribution in [3.8, 4) is 0 Å². The average molecular weight is 182 g/mol. The van der Waals surface area contributed by atoms with Gasteiger partial charge in [-0.1, -0.05) is 26.5 Å². The zero-order valence-electron chi connectivity index (χ0n) is 8.67. The summed E-state index contributed by atoms with van der Waals surface area (Å²) in [6, 6.07) is 0. The molecule has 0 fully saturated rings. The molecule has 1 rings (SSSR count). The van der Waals surface area contributed by atoms with Crippen LogP contribution in [0.3, 0.4) is 0 Å². The van der Waals surface area contributed by atoms with Crippen molar-refractivity contribution < 1.29 is 9.47 Å². The molecule has 1 heterocycles. The number of rotatable bonds is 2. The molecular formula is C11H18O2. The highest BCUT2D eigenvalue weighted by Crippen LogP contribution is 2.14. The van der Waals surface area contributed by atoms with E-state index in [1.165, 1.54) is 0 Å². The Kier molecular flexibility index (Phi) is 6.79. The molecule has 0 amide bonds. The first-order valence-corrected chi connectivity index (χ1v) is 4.63. The van der Waals surface area contributed by atoms with E-state index in [1.54, 1.807) is 6.08 Å². The molecule has 13 heavy (non-hydrogen) atoms. The third-order valence-electron chi connectivity index (χ3n) is 1.34. The van der Waals surface area contributed by atoms with Crippen LogP contribution in [0.2, 0.25) is 0 Å². The molecule has 2 nitrogen and oxygen atoms in total. The summed E-state index contributed by atoms with van der Waals surface area (Å²) in [4.78, 5) is 0. The summed E-state index contributed by atoms with van der Waals surface area (Å²) in [5.74, 6) is 1.50. The fourth-order valence-corrected chi connectivity index (χ4v) is 0.887. The van der Waals surface area contributed by atoms with Crippen molar-refractivity contribution in [3.63, 3.8) is 0 Å². The molecule has 0 radical (unpaired) electrons. The second-order valence-electron chi connectivity index (χ2n) is 2.13. The van der Waals surface area contributed by atoms with Crippen molar-refractivity contribution in [1.29, 1.82) is 0 Å². The molecule has 1 aliphatic rings. The molecule has 0 bridgehead atoms. The van der Waals surface area contributed by atoms with Crippen molar-refractivity contribution in [2.24, 2.45) is 0 Å².